The van der Waals surface area contributed by atoms with Gasteiger partial charge in [0.1, 0.15) is 5.82 Å². The Kier molecular flexibility index (Phi) is 4.23. The minimum atomic E-state index is -3.80. The zero-order chi connectivity index (χ0) is 16.4. The van der Waals surface area contributed by atoms with Crippen LogP contribution in [0.4, 0.5) is 4.39 Å². The molecule has 3 rings (SSSR count). The number of hydrogen-bond donors (Lipinski definition) is 1. The molecule has 0 fully saturated rings. The molecule has 0 saturated heterocycles. The second-order valence-electron chi connectivity index (χ2n) is 5.32. The molecule has 5 nitrogen and oxygen atoms in total. The van der Waals surface area contributed by atoms with E-state index < -0.39 is 15.8 Å². The van der Waals surface area contributed by atoms with Gasteiger partial charge >= 0.3 is 0 Å². The summed E-state index contributed by atoms with van der Waals surface area (Å²) in [5.74, 6) is -0.690. The van der Waals surface area contributed by atoms with Crippen LogP contribution < -0.4 is 9.46 Å². The number of benzene rings is 2. The second-order valence-corrected chi connectivity index (χ2v) is 7.08. The topological polar surface area (TPSA) is 75.3 Å². The molecule has 7 heteroatoms. The van der Waals surface area contributed by atoms with Crippen LogP contribution in [0.2, 0.25) is 0 Å². The van der Waals surface area contributed by atoms with Gasteiger partial charge in [-0.05, 0) is 30.7 Å². The minimum Gasteiger partial charge on any atom is -0.489 e. The maximum Gasteiger partial charge on any atom is 0.240 e. The molecule has 1 heterocycles. The normalized spacial score (nSPS) is 17.3. The summed E-state index contributed by atoms with van der Waals surface area (Å²) < 4.78 is 45.5. The number of rotatable bonds is 4. The molecule has 1 radical (unpaired) electrons. The molecule has 1 unspecified atom stereocenters. The van der Waals surface area contributed by atoms with Gasteiger partial charge in [-0.25, -0.2) is 17.5 Å². The number of sulfonamides is 1. The van der Waals surface area contributed by atoms with Crippen LogP contribution in [0, 0.1) is 5.82 Å². The van der Waals surface area contributed by atoms with E-state index in [4.69, 9.17) is 4.74 Å². The van der Waals surface area contributed by atoms with Gasteiger partial charge in [0.25, 0.3) is 0 Å². The molecule has 1 aliphatic rings. The lowest BCUT2D eigenvalue weighted by Crippen LogP contribution is -2.30. The van der Waals surface area contributed by atoms with Gasteiger partial charge in [0.05, 0.1) is 11.5 Å². The van der Waals surface area contributed by atoms with E-state index in [0.29, 0.717) is 18.6 Å². The van der Waals surface area contributed by atoms with E-state index in [2.05, 4.69) is 4.72 Å². The van der Waals surface area contributed by atoms with Crippen LogP contribution in [0.3, 0.4) is 0 Å². The highest BCUT2D eigenvalue weighted by molar-refractivity contribution is 7.89. The Morgan fingerprint density at radius 1 is 1.22 bits per heavy atom. The fraction of sp³-hybridized carbons (Fsp3) is 0.250. The van der Waals surface area contributed by atoms with Gasteiger partial charge in [0.15, 0.2) is 5.75 Å². The summed E-state index contributed by atoms with van der Waals surface area (Å²) in [5.41, 5.74) is 0.700. The molecule has 2 aromatic carbocycles. The maximum absolute atomic E-state index is 13.2. The molecule has 2 aromatic rings. The molecular weight excluding hydrogens is 321 g/mol. The molecule has 0 spiro atoms. The zero-order valence-corrected chi connectivity index (χ0v) is 13.0. The van der Waals surface area contributed by atoms with E-state index >= 15 is 0 Å². The van der Waals surface area contributed by atoms with E-state index in [-0.39, 0.29) is 28.9 Å². The minimum absolute atomic E-state index is 0.123. The van der Waals surface area contributed by atoms with Crippen molar-refractivity contribution in [3.8, 4) is 11.5 Å². The Morgan fingerprint density at radius 3 is 2.78 bits per heavy atom. The molecule has 0 aliphatic carbocycles. The summed E-state index contributed by atoms with van der Waals surface area (Å²) in [4.78, 5) is -0.123. The van der Waals surface area contributed by atoms with Gasteiger partial charge in [0.2, 0.25) is 15.8 Å². The van der Waals surface area contributed by atoms with Gasteiger partial charge < -0.3 is 4.74 Å². The van der Waals surface area contributed by atoms with Crippen molar-refractivity contribution in [3.05, 3.63) is 53.8 Å². The Morgan fingerprint density at radius 2 is 2.00 bits per heavy atom. The molecule has 0 saturated carbocycles. The molecular formula is C16H15FNO4S. The SMILES string of the molecule is [O]c1cccc2c1OCCC2CNS(=O)(=O)c1cccc(F)c1. The van der Waals surface area contributed by atoms with Crippen LogP contribution in [0.1, 0.15) is 17.9 Å². The van der Waals surface area contributed by atoms with E-state index in [1.54, 1.807) is 12.1 Å². The Balaban J connectivity index is 1.78. The third kappa shape index (κ3) is 3.30. The largest absolute Gasteiger partial charge is 0.489 e. The van der Waals surface area contributed by atoms with Crippen LogP contribution in [0.5, 0.6) is 11.5 Å². The Hall–Kier alpha value is -2.12. The average molecular weight is 336 g/mol. The number of ether oxygens (including phenoxy) is 1. The predicted octanol–water partition coefficient (Wildman–Crippen LogP) is 2.81. The van der Waals surface area contributed by atoms with Crippen LogP contribution in [-0.4, -0.2) is 21.6 Å². The molecule has 0 bridgehead atoms. The van der Waals surface area contributed by atoms with Crippen molar-refractivity contribution in [2.24, 2.45) is 0 Å². The third-order valence-corrected chi connectivity index (χ3v) is 5.21. The number of halogens is 1. The molecule has 23 heavy (non-hydrogen) atoms. The molecule has 1 atom stereocenters. The Bertz CT molecular complexity index is 823. The number of nitrogens with one attached hydrogen (secondary N) is 1. The van der Waals surface area contributed by atoms with Crippen molar-refractivity contribution >= 4 is 10.0 Å². The summed E-state index contributed by atoms with van der Waals surface area (Å²) in [6, 6.07) is 9.63. The lowest BCUT2D eigenvalue weighted by Gasteiger charge is -2.26. The first kappa shape index (κ1) is 15.8. The highest BCUT2D eigenvalue weighted by Crippen LogP contribution is 2.39. The standard InChI is InChI=1S/C16H15FNO4S/c17-12-3-1-4-13(9-12)23(20,21)18-10-11-7-8-22-16-14(11)5-2-6-15(16)19/h1-6,9,11,18H,7-8,10H2. The van der Waals surface area contributed by atoms with E-state index in [1.807, 2.05) is 0 Å². The second kappa shape index (κ2) is 6.17. The van der Waals surface area contributed by atoms with Gasteiger partial charge in [-0.1, -0.05) is 18.2 Å². The van der Waals surface area contributed by atoms with E-state index in [9.17, 15) is 17.9 Å². The lowest BCUT2D eigenvalue weighted by atomic mass is 9.93. The van der Waals surface area contributed by atoms with Crippen LogP contribution in [-0.2, 0) is 15.1 Å². The summed E-state index contributed by atoms with van der Waals surface area (Å²) in [6.45, 7) is 0.483. The van der Waals surface area contributed by atoms with E-state index in [0.717, 1.165) is 6.07 Å². The Labute approximate surface area is 133 Å². The van der Waals surface area contributed by atoms with Gasteiger partial charge in [-0.2, -0.15) is 0 Å². The zero-order valence-electron chi connectivity index (χ0n) is 12.2. The van der Waals surface area contributed by atoms with Crippen LogP contribution >= 0.6 is 0 Å². The van der Waals surface area contributed by atoms with Crippen molar-refractivity contribution in [1.82, 2.24) is 4.72 Å². The van der Waals surface area contributed by atoms with Crippen molar-refractivity contribution in [2.75, 3.05) is 13.2 Å². The quantitative estimate of drug-likeness (QED) is 0.933. The van der Waals surface area contributed by atoms with Gasteiger partial charge in [-0.3, -0.25) is 5.11 Å². The lowest BCUT2D eigenvalue weighted by molar-refractivity contribution is 0.240. The summed E-state index contributed by atoms with van der Waals surface area (Å²) in [5, 5.41) is 11.8. The predicted molar refractivity (Wildman–Crippen MR) is 81.0 cm³/mol. The van der Waals surface area contributed by atoms with E-state index in [1.165, 1.54) is 24.3 Å². The molecule has 1 N–H and O–H groups in total. The molecule has 0 aromatic heterocycles. The number of fused-ring (bicyclic) bond motifs is 1. The molecule has 0 amide bonds. The first-order valence-electron chi connectivity index (χ1n) is 7.15. The van der Waals surface area contributed by atoms with Crippen molar-refractivity contribution in [1.29, 1.82) is 0 Å². The molecule has 1 aliphatic heterocycles. The summed E-state index contributed by atoms with van der Waals surface area (Å²) in [7, 11) is -3.80. The van der Waals surface area contributed by atoms with Gasteiger partial charge in [0, 0.05) is 18.0 Å². The molecule has 121 valence electrons. The highest BCUT2D eigenvalue weighted by Gasteiger charge is 2.26. The van der Waals surface area contributed by atoms with Crippen LogP contribution in [0.25, 0.3) is 0 Å². The van der Waals surface area contributed by atoms with Crippen molar-refractivity contribution in [2.45, 2.75) is 17.2 Å². The highest BCUT2D eigenvalue weighted by atomic mass is 32.2. The smallest absolute Gasteiger partial charge is 0.240 e. The van der Waals surface area contributed by atoms with Crippen LogP contribution in [0.15, 0.2) is 47.4 Å². The first-order valence-corrected chi connectivity index (χ1v) is 8.63. The van der Waals surface area contributed by atoms with Crippen molar-refractivity contribution in [3.63, 3.8) is 0 Å². The fourth-order valence-corrected chi connectivity index (χ4v) is 3.72. The fourth-order valence-electron chi connectivity index (χ4n) is 2.61. The number of hydrogen-bond acceptors (Lipinski definition) is 3. The third-order valence-electron chi connectivity index (χ3n) is 3.79. The van der Waals surface area contributed by atoms with Gasteiger partial charge in [-0.15, -0.1) is 0 Å². The summed E-state index contributed by atoms with van der Waals surface area (Å²) in [6.07, 6.45) is 0.599. The maximum atomic E-state index is 13.2. The monoisotopic (exact) mass is 336 g/mol. The summed E-state index contributed by atoms with van der Waals surface area (Å²) >= 11 is 0. The average Bonchev–Trinajstić information content (AvgIpc) is 2.53. The number of para-hydroxylation sites is 1. The first-order chi connectivity index (χ1) is 11.0. The van der Waals surface area contributed by atoms with Crippen molar-refractivity contribution < 1.29 is 22.7 Å².